The van der Waals surface area contributed by atoms with Crippen LogP contribution in [0.5, 0.6) is 0 Å². The number of nitrogens with zero attached hydrogens (tertiary/aromatic N) is 1. The molecule has 1 aromatic rings. The molecular formula is C21H11F14NO3S. The van der Waals surface area contributed by atoms with E-state index in [-0.39, 0.29) is 5.57 Å². The molecule has 1 unspecified atom stereocenters. The van der Waals surface area contributed by atoms with Crippen molar-refractivity contribution in [3.05, 3.63) is 58.7 Å². The topological polar surface area (TPSA) is 55.7 Å². The molecular weight excluding hydrogens is 612 g/mol. The molecule has 0 aromatic heterocycles. The maximum Gasteiger partial charge on any atom is 0.460 e. The van der Waals surface area contributed by atoms with Gasteiger partial charge in [0.2, 0.25) is 6.17 Å². The summed E-state index contributed by atoms with van der Waals surface area (Å²) in [6, 6.07) is 6.25. The van der Waals surface area contributed by atoms with Crippen LogP contribution in [-0.4, -0.2) is 55.9 Å². The van der Waals surface area contributed by atoms with Crippen LogP contribution >= 0.6 is 0 Å². The molecule has 2 aliphatic carbocycles. The molecule has 0 heterocycles. The molecule has 40 heavy (non-hydrogen) atoms. The van der Waals surface area contributed by atoms with Crippen LogP contribution in [0, 0.1) is 0 Å². The van der Waals surface area contributed by atoms with Gasteiger partial charge in [-0.15, -0.1) is 0 Å². The zero-order valence-corrected chi connectivity index (χ0v) is 19.6. The average Bonchev–Trinajstić information content (AvgIpc) is 3.20. The highest BCUT2D eigenvalue weighted by Crippen LogP contribution is 2.55. The van der Waals surface area contributed by atoms with E-state index in [4.69, 9.17) is 0 Å². The second kappa shape index (κ2) is 9.76. The Hall–Kier alpha value is -3.12. The summed E-state index contributed by atoms with van der Waals surface area (Å²) in [5.74, 6) is -21.2. The fraction of sp³-hybridized carbons (Fsp3) is 0.381. The molecule has 0 aliphatic heterocycles. The van der Waals surface area contributed by atoms with Crippen molar-refractivity contribution in [2.75, 3.05) is 0 Å². The smallest absolute Gasteiger partial charge is 0.263 e. The van der Waals surface area contributed by atoms with E-state index in [1.165, 1.54) is 6.08 Å². The van der Waals surface area contributed by atoms with Crippen molar-refractivity contribution >= 4 is 27.5 Å². The molecule has 0 N–H and O–H groups in total. The van der Waals surface area contributed by atoms with E-state index in [9.17, 15) is 69.9 Å². The van der Waals surface area contributed by atoms with Crippen molar-refractivity contribution in [1.82, 2.24) is 0 Å². The molecule has 1 aromatic carbocycles. The highest BCUT2D eigenvalue weighted by atomic mass is 32.2. The Morgan fingerprint density at radius 3 is 1.98 bits per heavy atom. The summed E-state index contributed by atoms with van der Waals surface area (Å²) in [5, 5.41) is -5.43. The Balaban J connectivity index is 2.08. The van der Waals surface area contributed by atoms with E-state index in [2.05, 4.69) is 4.28 Å². The first-order valence-corrected chi connectivity index (χ1v) is 11.6. The molecule has 0 spiro atoms. The van der Waals surface area contributed by atoms with Gasteiger partial charge in [-0.3, -0.25) is 4.28 Å². The first kappa shape index (κ1) is 31.4. The van der Waals surface area contributed by atoms with Crippen LogP contribution in [0.4, 0.5) is 61.5 Å². The highest BCUT2D eigenvalue weighted by Gasteiger charge is 2.86. The normalized spacial score (nSPS) is 18.1. The number of hydrogen-bond donors (Lipinski definition) is 0. The fourth-order valence-corrected chi connectivity index (χ4v) is 4.20. The quantitative estimate of drug-likeness (QED) is 0.167. The lowest BCUT2D eigenvalue weighted by molar-refractivity contribution is -0.382. The van der Waals surface area contributed by atoms with E-state index in [0.717, 1.165) is 6.08 Å². The third kappa shape index (κ3) is 4.85. The number of oxime groups is 1. The van der Waals surface area contributed by atoms with Crippen molar-refractivity contribution in [3.63, 3.8) is 0 Å². The van der Waals surface area contributed by atoms with Gasteiger partial charge in [0.05, 0.1) is 0 Å². The summed E-state index contributed by atoms with van der Waals surface area (Å²) in [6.07, 6.45) is -14.3. The van der Waals surface area contributed by atoms with E-state index in [0.29, 0.717) is 22.8 Å². The molecule has 0 radical (unpaired) electrons. The van der Waals surface area contributed by atoms with Gasteiger partial charge in [0, 0.05) is 6.42 Å². The summed E-state index contributed by atoms with van der Waals surface area (Å²) in [6.45, 7) is 0. The van der Waals surface area contributed by atoms with Crippen LogP contribution in [0.3, 0.4) is 0 Å². The Kier molecular flexibility index (Phi) is 7.66. The molecule has 2 aliphatic rings. The minimum absolute atomic E-state index is 0.142. The average molecular weight is 623 g/mol. The third-order valence-corrected chi connectivity index (χ3v) is 6.78. The maximum atomic E-state index is 14.6. The van der Waals surface area contributed by atoms with E-state index < -0.39 is 69.6 Å². The van der Waals surface area contributed by atoms with Gasteiger partial charge in [-0.05, 0) is 27.8 Å². The summed E-state index contributed by atoms with van der Waals surface area (Å²) in [7, 11) is -7.76. The Morgan fingerprint density at radius 2 is 1.43 bits per heavy atom. The summed E-state index contributed by atoms with van der Waals surface area (Å²) in [4.78, 5) is 0. The van der Waals surface area contributed by atoms with Crippen LogP contribution in [0.1, 0.15) is 17.5 Å². The Labute approximate surface area is 214 Å². The minimum atomic E-state index is -7.78. The molecule has 222 valence electrons. The van der Waals surface area contributed by atoms with Crippen molar-refractivity contribution in [1.29, 1.82) is 0 Å². The first-order chi connectivity index (χ1) is 18.0. The SMILES string of the molecule is O=S(=O)(ON=C(C1=CC=C2C(=Cc3ccccc32)C1)C(F)C(F)(F)C(F)F)C(F)(F)C(F)(F)C(F)(F)C(F)(F)F. The van der Waals surface area contributed by atoms with Gasteiger partial charge in [-0.2, -0.15) is 56.7 Å². The number of benzene rings is 1. The second-order valence-electron chi connectivity index (χ2n) is 8.21. The lowest BCUT2D eigenvalue weighted by atomic mass is 9.88. The molecule has 0 saturated heterocycles. The number of halogens is 14. The summed E-state index contributed by atoms with van der Waals surface area (Å²) in [5.41, 5.74) is -1.57. The zero-order chi connectivity index (χ0) is 30.7. The van der Waals surface area contributed by atoms with Gasteiger partial charge in [0.1, 0.15) is 5.71 Å². The zero-order valence-electron chi connectivity index (χ0n) is 18.8. The van der Waals surface area contributed by atoms with Crippen LogP contribution in [-0.2, 0) is 14.4 Å². The molecule has 0 fully saturated rings. The third-order valence-electron chi connectivity index (χ3n) is 5.62. The van der Waals surface area contributed by atoms with Gasteiger partial charge >= 0.3 is 45.7 Å². The predicted molar refractivity (Wildman–Crippen MR) is 109 cm³/mol. The molecule has 1 atom stereocenters. The first-order valence-electron chi connectivity index (χ1n) is 10.2. The Bertz CT molecular complexity index is 1410. The fourth-order valence-electron chi connectivity index (χ4n) is 3.49. The minimum Gasteiger partial charge on any atom is -0.263 e. The number of fused-ring (bicyclic) bond motifs is 3. The molecule has 0 saturated carbocycles. The summed E-state index contributed by atoms with van der Waals surface area (Å²) < 4.78 is 212. The van der Waals surface area contributed by atoms with Crippen LogP contribution < -0.4 is 0 Å². The molecule has 3 rings (SSSR count). The van der Waals surface area contributed by atoms with Crippen molar-refractivity contribution in [2.45, 2.75) is 48.2 Å². The number of alkyl halides is 14. The van der Waals surface area contributed by atoms with E-state index in [1.807, 2.05) is 5.16 Å². The molecule has 0 bridgehead atoms. The Morgan fingerprint density at radius 1 is 0.850 bits per heavy atom. The van der Waals surface area contributed by atoms with Crippen molar-refractivity contribution < 1.29 is 74.2 Å². The van der Waals surface area contributed by atoms with Crippen molar-refractivity contribution in [2.24, 2.45) is 5.16 Å². The molecule has 4 nitrogen and oxygen atoms in total. The van der Waals surface area contributed by atoms with Gasteiger partial charge in [-0.1, -0.05) is 47.6 Å². The largest absolute Gasteiger partial charge is 0.460 e. The van der Waals surface area contributed by atoms with Crippen LogP contribution in [0.2, 0.25) is 0 Å². The lowest BCUT2D eigenvalue weighted by Crippen LogP contribution is -2.63. The monoisotopic (exact) mass is 623 g/mol. The standard InChI is InChI=1S/C21H11F14NO3S/c22-15(17(25,26)16(23)24)14(10-5-6-13-11(8-10)7-9-3-1-2-4-12(9)13)36-39-40(37,38)21(34,35)19(29,30)18(27,28)20(31,32)33/h1-7,15-16H,8H2. The van der Waals surface area contributed by atoms with E-state index >= 15 is 0 Å². The molecule has 0 amide bonds. The molecule has 19 heteroatoms. The van der Waals surface area contributed by atoms with Crippen LogP contribution in [0.25, 0.3) is 11.6 Å². The van der Waals surface area contributed by atoms with Gasteiger partial charge < -0.3 is 0 Å². The van der Waals surface area contributed by atoms with Crippen LogP contribution in [0.15, 0.2) is 52.7 Å². The highest BCUT2D eigenvalue weighted by molar-refractivity contribution is 7.87. The summed E-state index contributed by atoms with van der Waals surface area (Å²) >= 11 is 0. The second-order valence-corrected chi connectivity index (χ2v) is 9.78. The van der Waals surface area contributed by atoms with Gasteiger partial charge in [0.25, 0.3) is 0 Å². The predicted octanol–water partition coefficient (Wildman–Crippen LogP) is 7.16. The van der Waals surface area contributed by atoms with Gasteiger partial charge in [0.15, 0.2) is 0 Å². The number of rotatable bonds is 9. The lowest BCUT2D eigenvalue weighted by Gasteiger charge is -2.32. The number of allylic oxidation sites excluding steroid dienone is 5. The van der Waals surface area contributed by atoms with Crippen molar-refractivity contribution in [3.8, 4) is 0 Å². The maximum absolute atomic E-state index is 14.6. The number of hydrogen-bond acceptors (Lipinski definition) is 4. The van der Waals surface area contributed by atoms with E-state index in [1.54, 1.807) is 24.3 Å². The van der Waals surface area contributed by atoms with Gasteiger partial charge in [-0.25, -0.2) is 13.2 Å².